The van der Waals surface area contributed by atoms with Crippen LogP contribution in [0.4, 0.5) is 0 Å². The normalized spacial score (nSPS) is 25.5. The molecule has 94 valence electrons. The Labute approximate surface area is 103 Å². The molecule has 0 bridgehead atoms. The van der Waals surface area contributed by atoms with Gasteiger partial charge >= 0.3 is 0 Å². The molecule has 0 amide bonds. The lowest BCUT2D eigenvalue weighted by Crippen LogP contribution is -2.42. The molecule has 1 fully saturated rings. The van der Waals surface area contributed by atoms with Crippen LogP contribution < -0.4 is 5.73 Å². The minimum atomic E-state index is -0.128. The second-order valence-corrected chi connectivity index (χ2v) is 5.02. The molecule has 0 aromatic carbocycles. The van der Waals surface area contributed by atoms with Crippen molar-refractivity contribution < 1.29 is 4.74 Å². The molecule has 1 aromatic heterocycles. The van der Waals surface area contributed by atoms with Gasteiger partial charge < -0.3 is 10.5 Å². The van der Waals surface area contributed by atoms with E-state index in [4.69, 9.17) is 10.5 Å². The average Bonchev–Trinajstić information content (AvgIpc) is 2.55. The van der Waals surface area contributed by atoms with E-state index in [9.17, 15) is 0 Å². The standard InChI is InChI=1S/C14H22N2O/c1-2-12-4-5-13(16-11-12)10-14(15)6-3-8-17-9-7-14/h4-5,11H,2-3,6-10,15H2,1H3. The predicted octanol–water partition coefficient (Wildman–Crippen LogP) is 2.08. The lowest BCUT2D eigenvalue weighted by molar-refractivity contribution is 0.139. The lowest BCUT2D eigenvalue weighted by atomic mass is 9.87. The highest BCUT2D eigenvalue weighted by Gasteiger charge is 2.27. The molecule has 2 rings (SSSR count). The predicted molar refractivity (Wildman–Crippen MR) is 68.9 cm³/mol. The van der Waals surface area contributed by atoms with E-state index >= 15 is 0 Å². The Bertz CT molecular complexity index is 340. The van der Waals surface area contributed by atoms with Crippen LogP contribution in [0.2, 0.25) is 0 Å². The second-order valence-electron chi connectivity index (χ2n) is 5.02. The fourth-order valence-corrected chi connectivity index (χ4v) is 2.34. The number of nitrogens with two attached hydrogens (primary N) is 1. The lowest BCUT2D eigenvalue weighted by Gasteiger charge is -2.27. The van der Waals surface area contributed by atoms with Gasteiger partial charge in [0.2, 0.25) is 0 Å². The minimum absolute atomic E-state index is 0.128. The molecule has 1 aliphatic rings. The van der Waals surface area contributed by atoms with Crippen LogP contribution in [-0.4, -0.2) is 23.7 Å². The number of ether oxygens (including phenoxy) is 1. The summed E-state index contributed by atoms with van der Waals surface area (Å²) in [5.74, 6) is 0. The van der Waals surface area contributed by atoms with Crippen LogP contribution in [0.15, 0.2) is 18.3 Å². The zero-order valence-electron chi connectivity index (χ0n) is 10.6. The molecule has 2 N–H and O–H groups in total. The number of nitrogens with zero attached hydrogens (tertiary/aromatic N) is 1. The van der Waals surface area contributed by atoms with Crippen LogP contribution in [0, 0.1) is 0 Å². The quantitative estimate of drug-likeness (QED) is 0.871. The summed E-state index contributed by atoms with van der Waals surface area (Å²) in [4.78, 5) is 4.50. The van der Waals surface area contributed by atoms with Crippen molar-refractivity contribution in [3.8, 4) is 0 Å². The van der Waals surface area contributed by atoms with E-state index in [0.717, 1.165) is 51.0 Å². The first-order valence-corrected chi connectivity index (χ1v) is 6.52. The van der Waals surface area contributed by atoms with Crippen LogP contribution in [0.5, 0.6) is 0 Å². The van der Waals surface area contributed by atoms with Crippen molar-refractivity contribution in [1.29, 1.82) is 0 Å². The number of hydrogen-bond acceptors (Lipinski definition) is 3. The summed E-state index contributed by atoms with van der Waals surface area (Å²) in [6.45, 7) is 3.77. The summed E-state index contributed by atoms with van der Waals surface area (Å²) in [5.41, 5.74) is 8.70. The van der Waals surface area contributed by atoms with Crippen LogP contribution in [0.25, 0.3) is 0 Å². The van der Waals surface area contributed by atoms with E-state index < -0.39 is 0 Å². The van der Waals surface area contributed by atoms with Gasteiger partial charge in [0.15, 0.2) is 0 Å². The fourth-order valence-electron chi connectivity index (χ4n) is 2.34. The van der Waals surface area contributed by atoms with E-state index in [2.05, 4.69) is 24.0 Å². The Balaban J connectivity index is 2.02. The average molecular weight is 234 g/mol. The van der Waals surface area contributed by atoms with Gasteiger partial charge in [-0.1, -0.05) is 13.0 Å². The third-order valence-corrected chi connectivity index (χ3v) is 3.54. The number of aromatic nitrogens is 1. The summed E-state index contributed by atoms with van der Waals surface area (Å²) < 4.78 is 5.46. The van der Waals surface area contributed by atoms with Gasteiger partial charge in [-0.3, -0.25) is 4.98 Å². The Morgan fingerprint density at radius 2 is 2.24 bits per heavy atom. The second kappa shape index (κ2) is 5.61. The third kappa shape index (κ3) is 3.51. The summed E-state index contributed by atoms with van der Waals surface area (Å²) in [6.07, 6.45) is 6.89. The summed E-state index contributed by atoms with van der Waals surface area (Å²) in [6, 6.07) is 4.26. The van der Waals surface area contributed by atoms with Crippen molar-refractivity contribution in [1.82, 2.24) is 4.98 Å². The highest BCUT2D eigenvalue weighted by atomic mass is 16.5. The maximum Gasteiger partial charge on any atom is 0.0483 e. The first-order chi connectivity index (χ1) is 8.22. The molecule has 3 nitrogen and oxygen atoms in total. The molecule has 17 heavy (non-hydrogen) atoms. The van der Waals surface area contributed by atoms with Crippen molar-refractivity contribution >= 4 is 0 Å². The zero-order chi connectivity index (χ0) is 12.1. The van der Waals surface area contributed by atoms with Gasteiger partial charge in [0, 0.05) is 37.1 Å². The maximum atomic E-state index is 6.44. The van der Waals surface area contributed by atoms with Gasteiger partial charge in [-0.2, -0.15) is 0 Å². The molecule has 1 unspecified atom stereocenters. The third-order valence-electron chi connectivity index (χ3n) is 3.54. The van der Waals surface area contributed by atoms with E-state index in [-0.39, 0.29) is 5.54 Å². The maximum absolute atomic E-state index is 6.44. The van der Waals surface area contributed by atoms with Crippen molar-refractivity contribution in [2.45, 2.75) is 44.6 Å². The van der Waals surface area contributed by atoms with Gasteiger partial charge in [0.05, 0.1) is 0 Å². The molecule has 0 aliphatic carbocycles. The first kappa shape index (κ1) is 12.5. The van der Waals surface area contributed by atoms with Crippen LogP contribution in [0.1, 0.15) is 37.4 Å². The fraction of sp³-hybridized carbons (Fsp3) is 0.643. The van der Waals surface area contributed by atoms with Gasteiger partial charge in [0.1, 0.15) is 0 Å². The largest absolute Gasteiger partial charge is 0.381 e. The van der Waals surface area contributed by atoms with Crippen molar-refractivity contribution in [3.63, 3.8) is 0 Å². The molecular formula is C14H22N2O. The Hall–Kier alpha value is -0.930. The van der Waals surface area contributed by atoms with Gasteiger partial charge in [-0.15, -0.1) is 0 Å². The highest BCUT2D eigenvalue weighted by Crippen LogP contribution is 2.22. The number of pyridine rings is 1. The molecule has 0 spiro atoms. The molecular weight excluding hydrogens is 212 g/mol. The molecule has 1 saturated heterocycles. The SMILES string of the molecule is CCc1ccc(CC2(N)CCCOCC2)nc1. The first-order valence-electron chi connectivity index (χ1n) is 6.52. The number of aryl methyl sites for hydroxylation is 1. The van der Waals surface area contributed by atoms with Gasteiger partial charge in [0.25, 0.3) is 0 Å². The number of rotatable bonds is 3. The van der Waals surface area contributed by atoms with Gasteiger partial charge in [-0.05, 0) is 37.3 Å². The van der Waals surface area contributed by atoms with Crippen molar-refractivity contribution in [2.24, 2.45) is 5.73 Å². The molecule has 0 radical (unpaired) electrons. The van der Waals surface area contributed by atoms with Crippen LogP contribution >= 0.6 is 0 Å². The Morgan fingerprint density at radius 1 is 1.35 bits per heavy atom. The topological polar surface area (TPSA) is 48.1 Å². The zero-order valence-corrected chi connectivity index (χ0v) is 10.6. The molecule has 3 heteroatoms. The monoisotopic (exact) mass is 234 g/mol. The summed E-state index contributed by atoms with van der Waals surface area (Å²) in [5, 5.41) is 0. The van der Waals surface area contributed by atoms with Crippen molar-refractivity contribution in [2.75, 3.05) is 13.2 Å². The highest BCUT2D eigenvalue weighted by molar-refractivity contribution is 5.16. The number of hydrogen-bond donors (Lipinski definition) is 1. The summed E-state index contributed by atoms with van der Waals surface area (Å²) >= 11 is 0. The van der Waals surface area contributed by atoms with E-state index in [1.165, 1.54) is 5.56 Å². The van der Waals surface area contributed by atoms with E-state index in [0.29, 0.717) is 0 Å². The van der Waals surface area contributed by atoms with Gasteiger partial charge in [-0.25, -0.2) is 0 Å². The molecule has 2 heterocycles. The van der Waals surface area contributed by atoms with Crippen molar-refractivity contribution in [3.05, 3.63) is 29.6 Å². The van der Waals surface area contributed by atoms with E-state index in [1.54, 1.807) is 0 Å². The van der Waals surface area contributed by atoms with Crippen LogP contribution in [-0.2, 0) is 17.6 Å². The minimum Gasteiger partial charge on any atom is -0.381 e. The van der Waals surface area contributed by atoms with E-state index in [1.807, 2.05) is 6.20 Å². The van der Waals surface area contributed by atoms with Crippen LogP contribution in [0.3, 0.4) is 0 Å². The molecule has 1 aromatic rings. The Kier molecular flexibility index (Phi) is 4.13. The smallest absolute Gasteiger partial charge is 0.0483 e. The molecule has 0 saturated carbocycles. The Morgan fingerprint density at radius 3 is 2.94 bits per heavy atom. The molecule has 1 aliphatic heterocycles. The summed E-state index contributed by atoms with van der Waals surface area (Å²) in [7, 11) is 0. The molecule has 1 atom stereocenters.